The number of carbonyl (C=O) groups is 3. The van der Waals surface area contributed by atoms with Gasteiger partial charge in [0.15, 0.2) is 0 Å². The molecule has 4 atom stereocenters. The number of ether oxygens (including phenoxy) is 1. The summed E-state index contributed by atoms with van der Waals surface area (Å²) in [6.45, 7) is 5.98. The molecule has 2 N–H and O–H groups in total. The third-order valence-electron chi connectivity index (χ3n) is 6.65. The van der Waals surface area contributed by atoms with Crippen molar-refractivity contribution in [3.05, 3.63) is 65.7 Å². The van der Waals surface area contributed by atoms with E-state index in [9.17, 15) is 14.4 Å². The first kappa shape index (κ1) is 21.2. The Morgan fingerprint density at radius 1 is 1.03 bits per heavy atom. The fourth-order valence-electron chi connectivity index (χ4n) is 5.41. The molecule has 2 aromatic rings. The van der Waals surface area contributed by atoms with Crippen molar-refractivity contribution in [2.45, 2.75) is 45.2 Å². The quantitative estimate of drug-likeness (QED) is 0.574. The van der Waals surface area contributed by atoms with Crippen LogP contribution in [0.3, 0.4) is 0 Å². The van der Waals surface area contributed by atoms with E-state index in [4.69, 9.17) is 4.74 Å². The van der Waals surface area contributed by atoms with E-state index in [2.05, 4.69) is 0 Å². The number of quaternary nitrogens is 1. The third-order valence-corrected chi connectivity index (χ3v) is 6.65. The molecule has 31 heavy (non-hydrogen) atoms. The highest BCUT2D eigenvalue weighted by atomic mass is 16.5. The van der Waals surface area contributed by atoms with Gasteiger partial charge < -0.3 is 10.1 Å². The van der Waals surface area contributed by atoms with Gasteiger partial charge in [-0.3, -0.25) is 9.59 Å². The Kier molecular flexibility index (Phi) is 5.67. The highest BCUT2D eigenvalue weighted by Gasteiger charge is 2.72. The van der Waals surface area contributed by atoms with Crippen LogP contribution in [0.2, 0.25) is 0 Å². The van der Waals surface area contributed by atoms with E-state index in [0.717, 1.165) is 11.1 Å². The van der Waals surface area contributed by atoms with Gasteiger partial charge in [-0.25, -0.2) is 9.69 Å². The first-order valence-corrected chi connectivity index (χ1v) is 11.0. The standard InChI is InChI=1S/C25H28N2O4/c1-4-15-25(24(30)31-5-2)20-19(21(26-25)18-14-10-9-11-16(18)3)22(28)27(23(20)29)17-12-7-6-8-13-17/h6-14,19-21,26H,4-5,15H2,1-3H3/p+1/t19-,20-,21-,25-/m0/s1. The van der Waals surface area contributed by atoms with Crippen molar-refractivity contribution >= 4 is 23.5 Å². The van der Waals surface area contributed by atoms with E-state index >= 15 is 0 Å². The summed E-state index contributed by atoms with van der Waals surface area (Å²) in [7, 11) is 0. The maximum atomic E-state index is 13.7. The lowest BCUT2D eigenvalue weighted by molar-refractivity contribution is -0.734. The second-order valence-corrected chi connectivity index (χ2v) is 8.41. The fourth-order valence-corrected chi connectivity index (χ4v) is 5.41. The smallest absolute Gasteiger partial charge is 0.368 e. The van der Waals surface area contributed by atoms with Crippen molar-refractivity contribution in [2.75, 3.05) is 11.5 Å². The number of carbonyl (C=O) groups excluding carboxylic acids is 3. The molecule has 2 aliphatic heterocycles. The SMILES string of the molecule is CCC[C@]1(C(=O)OCC)[NH2+][C@@H](c2ccccc2C)[C@H]2C(=O)N(c3ccccc3)C(=O)[C@H]21. The van der Waals surface area contributed by atoms with Crippen LogP contribution in [0.1, 0.15) is 43.9 Å². The average molecular weight is 422 g/mol. The maximum Gasteiger partial charge on any atom is 0.368 e. The van der Waals surface area contributed by atoms with Gasteiger partial charge in [0, 0.05) is 12.0 Å². The predicted octanol–water partition coefficient (Wildman–Crippen LogP) is 2.52. The number of fused-ring (bicyclic) bond motifs is 1. The molecule has 4 rings (SSSR count). The zero-order valence-electron chi connectivity index (χ0n) is 18.2. The molecule has 2 aromatic carbocycles. The molecule has 2 fully saturated rings. The van der Waals surface area contributed by atoms with Crippen molar-refractivity contribution in [2.24, 2.45) is 11.8 Å². The van der Waals surface area contributed by atoms with E-state index in [1.807, 2.05) is 49.5 Å². The van der Waals surface area contributed by atoms with Gasteiger partial charge >= 0.3 is 5.97 Å². The zero-order valence-corrected chi connectivity index (χ0v) is 18.2. The molecule has 2 aliphatic rings. The van der Waals surface area contributed by atoms with E-state index in [-0.39, 0.29) is 24.5 Å². The summed E-state index contributed by atoms with van der Waals surface area (Å²) >= 11 is 0. The van der Waals surface area contributed by atoms with Gasteiger partial charge in [0.2, 0.25) is 17.4 Å². The zero-order chi connectivity index (χ0) is 22.2. The van der Waals surface area contributed by atoms with Gasteiger partial charge in [-0.15, -0.1) is 0 Å². The number of hydrogen-bond donors (Lipinski definition) is 1. The number of rotatable bonds is 6. The Morgan fingerprint density at radius 3 is 2.35 bits per heavy atom. The van der Waals surface area contributed by atoms with Crippen molar-refractivity contribution in [1.29, 1.82) is 0 Å². The molecule has 0 bridgehead atoms. The third kappa shape index (κ3) is 3.26. The Balaban J connectivity index is 1.88. The Hall–Kier alpha value is -2.99. The maximum absolute atomic E-state index is 13.7. The lowest BCUT2D eigenvalue weighted by atomic mass is 9.76. The summed E-state index contributed by atoms with van der Waals surface area (Å²) in [5, 5.41) is 1.95. The Bertz CT molecular complexity index is 1010. The van der Waals surface area contributed by atoms with Gasteiger partial charge in [-0.1, -0.05) is 49.4 Å². The molecule has 0 radical (unpaired) electrons. The van der Waals surface area contributed by atoms with Gasteiger partial charge in [-0.2, -0.15) is 0 Å². The number of esters is 1. The van der Waals surface area contributed by atoms with Crippen LogP contribution < -0.4 is 10.2 Å². The minimum Gasteiger partial charge on any atom is -0.461 e. The Labute approximate surface area is 182 Å². The van der Waals surface area contributed by atoms with Crippen LogP contribution in [-0.4, -0.2) is 29.9 Å². The topological polar surface area (TPSA) is 80.3 Å². The second kappa shape index (κ2) is 8.27. The van der Waals surface area contributed by atoms with Crippen LogP contribution in [0.25, 0.3) is 0 Å². The number of anilines is 1. The fraction of sp³-hybridized carbons (Fsp3) is 0.400. The van der Waals surface area contributed by atoms with E-state index in [0.29, 0.717) is 18.5 Å². The molecule has 0 aromatic heterocycles. The number of nitrogens with zero attached hydrogens (tertiary/aromatic N) is 1. The molecule has 6 nitrogen and oxygen atoms in total. The van der Waals surface area contributed by atoms with Gasteiger partial charge in [-0.05, 0) is 38.0 Å². The first-order chi connectivity index (χ1) is 15.0. The van der Waals surface area contributed by atoms with E-state index in [1.165, 1.54) is 4.90 Å². The number of hydrogen-bond acceptors (Lipinski definition) is 4. The van der Waals surface area contributed by atoms with Crippen LogP contribution in [-0.2, 0) is 19.1 Å². The number of imide groups is 1. The summed E-state index contributed by atoms with van der Waals surface area (Å²) in [5.74, 6) is -2.34. The summed E-state index contributed by atoms with van der Waals surface area (Å²) < 4.78 is 5.48. The molecule has 0 unspecified atom stereocenters. The number of para-hydroxylation sites is 1. The van der Waals surface area contributed by atoms with E-state index in [1.54, 1.807) is 31.2 Å². The van der Waals surface area contributed by atoms with Gasteiger partial charge in [0.05, 0.1) is 12.3 Å². The van der Waals surface area contributed by atoms with Crippen molar-refractivity contribution in [3.8, 4) is 0 Å². The molecule has 0 spiro atoms. The van der Waals surface area contributed by atoms with Crippen LogP contribution in [0.15, 0.2) is 54.6 Å². The molecule has 2 amide bonds. The van der Waals surface area contributed by atoms with E-state index < -0.39 is 23.3 Å². The highest BCUT2D eigenvalue weighted by molar-refractivity contribution is 6.23. The highest BCUT2D eigenvalue weighted by Crippen LogP contribution is 2.47. The first-order valence-electron chi connectivity index (χ1n) is 11.0. The summed E-state index contributed by atoms with van der Waals surface area (Å²) in [6, 6.07) is 16.5. The van der Waals surface area contributed by atoms with Crippen molar-refractivity contribution in [3.63, 3.8) is 0 Å². The van der Waals surface area contributed by atoms with Gasteiger partial charge in [0.1, 0.15) is 17.9 Å². The molecular formula is C25H29N2O4+. The molecule has 162 valence electrons. The van der Waals surface area contributed by atoms with Crippen molar-refractivity contribution < 1.29 is 24.4 Å². The Morgan fingerprint density at radius 2 is 1.71 bits per heavy atom. The molecular weight excluding hydrogens is 392 g/mol. The van der Waals surface area contributed by atoms with Gasteiger partial charge in [0.25, 0.3) is 0 Å². The molecule has 0 saturated carbocycles. The second-order valence-electron chi connectivity index (χ2n) is 8.41. The van der Waals surface area contributed by atoms with Crippen molar-refractivity contribution in [1.82, 2.24) is 0 Å². The average Bonchev–Trinajstić information content (AvgIpc) is 3.24. The molecule has 2 saturated heterocycles. The monoisotopic (exact) mass is 421 g/mol. The molecule has 2 heterocycles. The van der Waals surface area contributed by atoms with Crippen LogP contribution in [0.4, 0.5) is 5.69 Å². The number of aryl methyl sites for hydroxylation is 1. The lowest BCUT2D eigenvalue weighted by Gasteiger charge is -2.29. The molecule has 6 heteroatoms. The largest absolute Gasteiger partial charge is 0.461 e. The normalized spacial score (nSPS) is 27.5. The number of benzene rings is 2. The number of amides is 2. The van der Waals surface area contributed by atoms with Crippen LogP contribution in [0.5, 0.6) is 0 Å². The summed E-state index contributed by atoms with van der Waals surface area (Å²) in [4.78, 5) is 42.0. The summed E-state index contributed by atoms with van der Waals surface area (Å²) in [5.41, 5.74) is 1.45. The lowest BCUT2D eigenvalue weighted by Crippen LogP contribution is -2.98. The van der Waals surface area contributed by atoms with Crippen LogP contribution in [0, 0.1) is 18.8 Å². The number of nitrogens with two attached hydrogens (primary N) is 1. The molecule has 0 aliphatic carbocycles. The minimum atomic E-state index is -1.11. The minimum absolute atomic E-state index is 0.231. The predicted molar refractivity (Wildman–Crippen MR) is 116 cm³/mol. The summed E-state index contributed by atoms with van der Waals surface area (Å²) in [6.07, 6.45) is 1.17. The van der Waals surface area contributed by atoms with Crippen LogP contribution >= 0.6 is 0 Å².